The topological polar surface area (TPSA) is 73.2 Å². The van der Waals surface area contributed by atoms with Crippen molar-refractivity contribution in [2.75, 3.05) is 11.9 Å². The van der Waals surface area contributed by atoms with Crippen molar-refractivity contribution >= 4 is 22.8 Å². The largest absolute Gasteiger partial charge is 0.462 e. The summed E-state index contributed by atoms with van der Waals surface area (Å²) in [6, 6.07) is 12.9. The van der Waals surface area contributed by atoms with Gasteiger partial charge in [0, 0.05) is 18.8 Å². The van der Waals surface area contributed by atoms with Crippen molar-refractivity contribution in [1.82, 2.24) is 9.55 Å². The number of benzene rings is 2. The molecular formula is C24H18F3N3O3. The van der Waals surface area contributed by atoms with E-state index >= 15 is 0 Å². The number of hydrogen-bond donors (Lipinski definition) is 1. The third kappa shape index (κ3) is 4.43. The molecule has 0 aliphatic rings. The Labute approximate surface area is 186 Å². The molecule has 4 rings (SSSR count). The van der Waals surface area contributed by atoms with Crippen LogP contribution < -0.4 is 10.7 Å². The van der Waals surface area contributed by atoms with E-state index in [1.807, 2.05) is 30.3 Å². The predicted molar refractivity (Wildman–Crippen MR) is 117 cm³/mol. The molecule has 168 valence electrons. The Hall–Kier alpha value is -4.14. The van der Waals surface area contributed by atoms with Crippen LogP contribution in [0.25, 0.3) is 16.7 Å². The van der Waals surface area contributed by atoms with Crippen molar-refractivity contribution in [3.8, 4) is 5.69 Å². The Kier molecular flexibility index (Phi) is 6.12. The molecule has 0 bridgehead atoms. The van der Waals surface area contributed by atoms with Crippen LogP contribution in [-0.4, -0.2) is 22.1 Å². The van der Waals surface area contributed by atoms with Crippen LogP contribution in [0.1, 0.15) is 22.8 Å². The number of esters is 1. The minimum Gasteiger partial charge on any atom is -0.462 e. The number of halogens is 3. The first-order valence-electron chi connectivity index (χ1n) is 10.0. The minimum absolute atomic E-state index is 0.00379. The molecule has 0 saturated carbocycles. The lowest BCUT2D eigenvalue weighted by atomic mass is 10.1. The van der Waals surface area contributed by atoms with Crippen molar-refractivity contribution in [2.24, 2.45) is 0 Å². The molecule has 0 radical (unpaired) electrons. The minimum atomic E-state index is -0.959. The molecule has 0 amide bonds. The zero-order chi connectivity index (χ0) is 23.5. The standard InChI is InChI=1S/C24H18F3N3O3/c1-2-33-24(32)17-13-30(20-9-8-15(25)10-18(20)26)23-16(21(17)31)11-19(27)22(29-23)28-12-14-6-4-3-5-7-14/h3-11,13H,2,12H2,1H3,(H,28,29). The summed E-state index contributed by atoms with van der Waals surface area (Å²) in [5.74, 6) is -3.72. The third-order valence-corrected chi connectivity index (χ3v) is 4.90. The Balaban J connectivity index is 1.92. The van der Waals surface area contributed by atoms with Gasteiger partial charge in [-0.25, -0.2) is 22.9 Å². The molecule has 2 heterocycles. The van der Waals surface area contributed by atoms with Gasteiger partial charge in [0.25, 0.3) is 0 Å². The first kappa shape index (κ1) is 22.1. The number of ether oxygens (including phenoxy) is 1. The van der Waals surface area contributed by atoms with Gasteiger partial charge in [-0.05, 0) is 30.7 Å². The summed E-state index contributed by atoms with van der Waals surface area (Å²) in [6.45, 7) is 1.80. The predicted octanol–water partition coefficient (Wildman–Crippen LogP) is 4.59. The van der Waals surface area contributed by atoms with Gasteiger partial charge in [0.05, 0.1) is 17.7 Å². The van der Waals surface area contributed by atoms with Gasteiger partial charge < -0.3 is 10.1 Å². The molecule has 0 aliphatic carbocycles. The Morgan fingerprint density at radius 1 is 1.06 bits per heavy atom. The molecule has 2 aromatic heterocycles. The van der Waals surface area contributed by atoms with Crippen LogP contribution in [0.5, 0.6) is 0 Å². The van der Waals surface area contributed by atoms with E-state index in [9.17, 15) is 22.8 Å². The van der Waals surface area contributed by atoms with Gasteiger partial charge in [-0.2, -0.15) is 0 Å². The summed E-state index contributed by atoms with van der Waals surface area (Å²) in [4.78, 5) is 29.4. The highest BCUT2D eigenvalue weighted by Crippen LogP contribution is 2.23. The van der Waals surface area contributed by atoms with Crippen LogP contribution in [0.4, 0.5) is 19.0 Å². The summed E-state index contributed by atoms with van der Waals surface area (Å²) in [6.07, 6.45) is 1.06. The number of carbonyl (C=O) groups is 1. The van der Waals surface area contributed by atoms with E-state index in [0.29, 0.717) is 6.07 Å². The number of nitrogens with one attached hydrogen (secondary N) is 1. The first-order valence-corrected chi connectivity index (χ1v) is 10.0. The zero-order valence-corrected chi connectivity index (χ0v) is 17.4. The molecule has 0 aliphatic heterocycles. The molecule has 0 spiro atoms. The highest BCUT2D eigenvalue weighted by Gasteiger charge is 2.21. The van der Waals surface area contributed by atoms with E-state index < -0.39 is 34.4 Å². The SMILES string of the molecule is CCOC(=O)c1cn(-c2ccc(F)cc2F)c2nc(NCc3ccccc3)c(F)cc2c1=O. The van der Waals surface area contributed by atoms with Crippen LogP contribution in [0.15, 0.2) is 65.6 Å². The zero-order valence-electron chi connectivity index (χ0n) is 17.4. The number of carbonyl (C=O) groups excluding carboxylic acids is 1. The molecule has 0 unspecified atom stereocenters. The normalized spacial score (nSPS) is 10.9. The second kappa shape index (κ2) is 9.15. The number of pyridine rings is 2. The average Bonchev–Trinajstić information content (AvgIpc) is 2.80. The van der Waals surface area contributed by atoms with Crippen LogP contribution in [0.2, 0.25) is 0 Å². The average molecular weight is 453 g/mol. The van der Waals surface area contributed by atoms with Crippen LogP contribution in [0, 0.1) is 17.5 Å². The second-order valence-electron chi connectivity index (χ2n) is 7.09. The van der Waals surface area contributed by atoms with Gasteiger partial charge >= 0.3 is 5.97 Å². The molecule has 2 aromatic carbocycles. The lowest BCUT2D eigenvalue weighted by molar-refractivity contribution is 0.0524. The Morgan fingerprint density at radius 2 is 1.82 bits per heavy atom. The molecule has 6 nitrogen and oxygen atoms in total. The van der Waals surface area contributed by atoms with Gasteiger partial charge in [-0.1, -0.05) is 30.3 Å². The third-order valence-electron chi connectivity index (χ3n) is 4.90. The van der Waals surface area contributed by atoms with Gasteiger partial charge in [-0.15, -0.1) is 0 Å². The lowest BCUT2D eigenvalue weighted by Gasteiger charge is -2.15. The maximum atomic E-state index is 14.8. The van der Waals surface area contributed by atoms with Crippen LogP contribution >= 0.6 is 0 Å². The summed E-state index contributed by atoms with van der Waals surface area (Å²) >= 11 is 0. The van der Waals surface area contributed by atoms with Crippen molar-refractivity contribution in [3.63, 3.8) is 0 Å². The number of anilines is 1. The van der Waals surface area contributed by atoms with E-state index in [1.165, 1.54) is 0 Å². The van der Waals surface area contributed by atoms with Gasteiger partial charge in [0.2, 0.25) is 5.43 Å². The maximum Gasteiger partial charge on any atom is 0.343 e. The molecule has 9 heteroatoms. The maximum absolute atomic E-state index is 14.8. The van der Waals surface area contributed by atoms with E-state index in [4.69, 9.17) is 4.74 Å². The Morgan fingerprint density at radius 3 is 2.52 bits per heavy atom. The fraction of sp³-hybridized carbons (Fsp3) is 0.125. The smallest absolute Gasteiger partial charge is 0.343 e. The molecule has 4 aromatic rings. The van der Waals surface area contributed by atoms with Crippen molar-refractivity contribution < 1.29 is 22.7 Å². The molecular weight excluding hydrogens is 435 g/mol. The summed E-state index contributed by atoms with van der Waals surface area (Å²) in [7, 11) is 0. The van der Waals surface area contributed by atoms with Crippen LogP contribution in [-0.2, 0) is 11.3 Å². The molecule has 0 atom stereocenters. The van der Waals surface area contributed by atoms with Crippen LogP contribution in [0.3, 0.4) is 0 Å². The quantitative estimate of drug-likeness (QED) is 0.433. The first-order chi connectivity index (χ1) is 15.9. The van der Waals surface area contributed by atoms with Gasteiger partial charge in [0.15, 0.2) is 17.3 Å². The van der Waals surface area contributed by atoms with E-state index in [2.05, 4.69) is 10.3 Å². The number of nitrogens with zero attached hydrogens (tertiary/aromatic N) is 2. The lowest BCUT2D eigenvalue weighted by Crippen LogP contribution is -2.22. The summed E-state index contributed by atoms with van der Waals surface area (Å²) in [5, 5.41) is 2.60. The molecule has 33 heavy (non-hydrogen) atoms. The number of rotatable bonds is 6. The fourth-order valence-electron chi connectivity index (χ4n) is 3.34. The number of aromatic nitrogens is 2. The molecule has 0 fully saturated rings. The molecule has 0 saturated heterocycles. The highest BCUT2D eigenvalue weighted by molar-refractivity contribution is 5.93. The highest BCUT2D eigenvalue weighted by atomic mass is 19.1. The molecule has 1 N–H and O–H groups in total. The van der Waals surface area contributed by atoms with Gasteiger partial charge in [-0.3, -0.25) is 9.36 Å². The second-order valence-corrected chi connectivity index (χ2v) is 7.09. The van der Waals surface area contributed by atoms with Crippen molar-refractivity contribution in [1.29, 1.82) is 0 Å². The van der Waals surface area contributed by atoms with Gasteiger partial charge in [0.1, 0.15) is 17.2 Å². The number of hydrogen-bond acceptors (Lipinski definition) is 5. The fourth-order valence-corrected chi connectivity index (χ4v) is 3.34. The number of fused-ring (bicyclic) bond motifs is 1. The van der Waals surface area contributed by atoms with E-state index in [1.54, 1.807) is 6.92 Å². The van der Waals surface area contributed by atoms with Crippen molar-refractivity contribution in [3.05, 3.63) is 99.6 Å². The van der Waals surface area contributed by atoms with Crippen molar-refractivity contribution in [2.45, 2.75) is 13.5 Å². The Bertz CT molecular complexity index is 1410. The van der Waals surface area contributed by atoms with E-state index in [0.717, 1.165) is 34.5 Å². The summed E-state index contributed by atoms with van der Waals surface area (Å²) < 4.78 is 48.9. The van der Waals surface area contributed by atoms with E-state index in [-0.39, 0.29) is 35.7 Å². The monoisotopic (exact) mass is 453 g/mol. The summed E-state index contributed by atoms with van der Waals surface area (Å²) in [5.41, 5.74) is -0.684.